The molecular weight excluding hydrogens is 388 g/mol. The number of nitrogens with one attached hydrogen (secondary N) is 4. The fourth-order valence-corrected chi connectivity index (χ4v) is 2.46. The Kier molecular flexibility index (Phi) is 14.3. The van der Waals surface area contributed by atoms with Crippen molar-refractivity contribution in [3.8, 4) is 0 Å². The van der Waals surface area contributed by atoms with Crippen LogP contribution in [0.5, 0.6) is 0 Å². The second-order valence-electron chi connectivity index (χ2n) is 6.15. The maximum absolute atomic E-state index is 9.90. The van der Waals surface area contributed by atoms with Crippen molar-refractivity contribution in [2.24, 2.45) is 0 Å². The molecule has 1 unspecified atom stereocenters. The van der Waals surface area contributed by atoms with Crippen LogP contribution in [0.3, 0.4) is 0 Å². The molecule has 7 nitrogen and oxygen atoms in total. The first kappa shape index (κ1) is 28.0. The number of rotatable bonds is 4. The van der Waals surface area contributed by atoms with Crippen molar-refractivity contribution < 1.29 is 5.11 Å². The molecule has 31 heavy (non-hydrogen) atoms. The van der Waals surface area contributed by atoms with Crippen molar-refractivity contribution in [1.82, 2.24) is 20.2 Å². The number of hydrogen-bond donors (Lipinski definition) is 5. The molecule has 1 aliphatic rings. The molecule has 2 aromatic rings. The lowest BCUT2D eigenvalue weighted by Gasteiger charge is -2.22. The Labute approximate surface area is 186 Å². The minimum Gasteiger partial charge on any atom is -0.373 e. The summed E-state index contributed by atoms with van der Waals surface area (Å²) in [7, 11) is 0. The van der Waals surface area contributed by atoms with E-state index >= 15 is 0 Å². The summed E-state index contributed by atoms with van der Waals surface area (Å²) in [6.45, 7) is 14.3. The van der Waals surface area contributed by atoms with Gasteiger partial charge in [-0.1, -0.05) is 40.7 Å². The van der Waals surface area contributed by atoms with Crippen molar-refractivity contribution in [1.29, 1.82) is 10.8 Å². The van der Waals surface area contributed by atoms with E-state index in [-0.39, 0.29) is 11.7 Å². The Morgan fingerprint density at radius 2 is 1.97 bits per heavy atom. The summed E-state index contributed by atoms with van der Waals surface area (Å²) in [4.78, 5) is 8.55. The summed E-state index contributed by atoms with van der Waals surface area (Å²) in [5.41, 5.74) is 6.60. The Morgan fingerprint density at radius 3 is 2.58 bits per heavy atom. The van der Waals surface area contributed by atoms with E-state index in [1.165, 1.54) is 10.5 Å². The number of aromatic nitrogens is 2. The monoisotopic (exact) mass is 426 g/mol. The SMILES string of the molecule is CC.CC.CCCNC(O)C1=C=CC=CN(C(C)=N)C1=N.Cc1ccc2nc[nH]c2c1. The summed E-state index contributed by atoms with van der Waals surface area (Å²) >= 11 is 0. The van der Waals surface area contributed by atoms with Gasteiger partial charge in [0.25, 0.3) is 0 Å². The van der Waals surface area contributed by atoms with Crippen molar-refractivity contribution in [2.75, 3.05) is 6.54 Å². The van der Waals surface area contributed by atoms with Crippen LogP contribution in [-0.2, 0) is 0 Å². The zero-order valence-corrected chi connectivity index (χ0v) is 19.9. The molecule has 0 fully saturated rings. The van der Waals surface area contributed by atoms with Gasteiger partial charge in [0.1, 0.15) is 17.9 Å². The lowest BCUT2D eigenvalue weighted by molar-refractivity contribution is 0.178. The van der Waals surface area contributed by atoms with Gasteiger partial charge in [-0.25, -0.2) is 4.98 Å². The molecule has 1 aliphatic heterocycles. The lowest BCUT2D eigenvalue weighted by Crippen LogP contribution is -2.39. The van der Waals surface area contributed by atoms with Gasteiger partial charge in [-0.15, -0.1) is 5.73 Å². The van der Waals surface area contributed by atoms with Gasteiger partial charge in [-0.05, 0) is 56.7 Å². The van der Waals surface area contributed by atoms with E-state index < -0.39 is 6.23 Å². The van der Waals surface area contributed by atoms with Gasteiger partial charge in [0.15, 0.2) is 0 Å². The van der Waals surface area contributed by atoms with Crippen LogP contribution >= 0.6 is 0 Å². The lowest BCUT2D eigenvalue weighted by atomic mass is 10.2. The number of hydrogen-bond acceptors (Lipinski definition) is 5. The second-order valence-corrected chi connectivity index (χ2v) is 6.15. The molecule has 0 saturated heterocycles. The number of aliphatic hydroxyl groups is 1. The fraction of sp³-hybridized carbons (Fsp3) is 0.417. The molecule has 0 spiro atoms. The van der Waals surface area contributed by atoms with E-state index in [1.54, 1.807) is 31.6 Å². The first-order valence-electron chi connectivity index (χ1n) is 10.8. The zero-order chi connectivity index (χ0) is 23.8. The van der Waals surface area contributed by atoms with Crippen molar-refractivity contribution in [2.45, 2.75) is 61.1 Å². The first-order valence-corrected chi connectivity index (χ1v) is 10.8. The molecule has 170 valence electrons. The first-order chi connectivity index (χ1) is 14.9. The van der Waals surface area contributed by atoms with Crippen LogP contribution in [0.15, 0.2) is 54.2 Å². The molecule has 0 amide bonds. The number of imidazole rings is 1. The van der Waals surface area contributed by atoms with E-state index in [2.05, 4.69) is 40.1 Å². The summed E-state index contributed by atoms with van der Waals surface area (Å²) in [5, 5.41) is 28.3. The fourth-order valence-electron chi connectivity index (χ4n) is 2.46. The van der Waals surface area contributed by atoms with E-state index in [9.17, 15) is 5.11 Å². The molecule has 1 atom stereocenters. The molecular formula is C24H38N6O. The second kappa shape index (κ2) is 15.8. The smallest absolute Gasteiger partial charge is 0.145 e. The van der Waals surface area contributed by atoms with Crippen LogP contribution < -0.4 is 5.32 Å². The maximum atomic E-state index is 9.90. The van der Waals surface area contributed by atoms with Gasteiger partial charge in [-0.2, -0.15) is 0 Å². The summed E-state index contributed by atoms with van der Waals surface area (Å²) < 4.78 is 0. The number of nitrogens with zero attached hydrogens (tertiary/aromatic N) is 2. The Hall–Kier alpha value is -2.99. The highest BCUT2D eigenvalue weighted by Crippen LogP contribution is 2.10. The average molecular weight is 427 g/mol. The molecule has 7 heteroatoms. The summed E-state index contributed by atoms with van der Waals surface area (Å²) in [6.07, 6.45) is 6.60. The van der Waals surface area contributed by atoms with E-state index in [1.807, 2.05) is 40.7 Å². The van der Waals surface area contributed by atoms with Crippen LogP contribution in [0.4, 0.5) is 0 Å². The molecule has 3 rings (SSSR count). The molecule has 0 aliphatic carbocycles. The zero-order valence-electron chi connectivity index (χ0n) is 19.9. The molecule has 0 radical (unpaired) electrons. The van der Waals surface area contributed by atoms with Crippen LogP contribution in [-0.4, -0.2) is 44.4 Å². The van der Waals surface area contributed by atoms with Crippen molar-refractivity contribution >= 4 is 22.7 Å². The van der Waals surface area contributed by atoms with Crippen molar-refractivity contribution in [3.63, 3.8) is 0 Å². The quantitative estimate of drug-likeness (QED) is 0.202. The van der Waals surface area contributed by atoms with Crippen LogP contribution in [0.25, 0.3) is 11.0 Å². The van der Waals surface area contributed by atoms with Gasteiger partial charge in [0.05, 0.1) is 22.9 Å². The third kappa shape index (κ3) is 9.13. The third-order valence-corrected chi connectivity index (χ3v) is 3.86. The Bertz CT molecular complexity index is 906. The minimum absolute atomic E-state index is 0.0682. The van der Waals surface area contributed by atoms with E-state index in [0.717, 1.165) is 17.5 Å². The molecule has 5 N–H and O–H groups in total. The third-order valence-electron chi connectivity index (χ3n) is 3.86. The van der Waals surface area contributed by atoms with Gasteiger partial charge >= 0.3 is 0 Å². The number of aryl methyl sites for hydroxylation is 1. The molecule has 0 saturated carbocycles. The average Bonchev–Trinajstić information content (AvgIpc) is 3.15. The summed E-state index contributed by atoms with van der Waals surface area (Å²) in [5.74, 6) is 0.294. The van der Waals surface area contributed by atoms with Gasteiger partial charge in [-0.3, -0.25) is 21.0 Å². The van der Waals surface area contributed by atoms with Crippen LogP contribution in [0, 0.1) is 17.7 Å². The van der Waals surface area contributed by atoms with E-state index in [0.29, 0.717) is 12.1 Å². The number of amidine groups is 2. The number of H-pyrrole nitrogens is 1. The number of allylic oxidation sites excluding steroid dienone is 1. The summed E-state index contributed by atoms with van der Waals surface area (Å²) in [6, 6.07) is 6.16. The highest BCUT2D eigenvalue weighted by molar-refractivity contribution is 6.07. The minimum atomic E-state index is -0.930. The van der Waals surface area contributed by atoms with Crippen molar-refractivity contribution in [3.05, 3.63) is 59.7 Å². The molecule has 1 aromatic heterocycles. The predicted octanol–water partition coefficient (Wildman–Crippen LogP) is 5.11. The number of benzene rings is 1. The molecule has 1 aromatic carbocycles. The molecule has 2 heterocycles. The topological polar surface area (TPSA) is 112 Å². The number of aromatic amines is 1. The van der Waals surface area contributed by atoms with Gasteiger partial charge in [0, 0.05) is 6.20 Å². The van der Waals surface area contributed by atoms with Crippen LogP contribution in [0.2, 0.25) is 0 Å². The Morgan fingerprint density at radius 1 is 1.29 bits per heavy atom. The normalized spacial score (nSPS) is 13.0. The predicted molar refractivity (Wildman–Crippen MR) is 132 cm³/mol. The Balaban J connectivity index is 0.000000542. The number of aliphatic hydroxyl groups excluding tert-OH is 1. The highest BCUT2D eigenvalue weighted by Gasteiger charge is 2.20. The van der Waals surface area contributed by atoms with Gasteiger partial charge in [0.2, 0.25) is 0 Å². The maximum Gasteiger partial charge on any atom is 0.145 e. The van der Waals surface area contributed by atoms with Crippen LogP contribution in [0.1, 0.15) is 53.5 Å². The highest BCUT2D eigenvalue weighted by atomic mass is 16.3. The number of fused-ring (bicyclic) bond motifs is 1. The molecule has 0 bridgehead atoms. The largest absolute Gasteiger partial charge is 0.373 e. The van der Waals surface area contributed by atoms with Gasteiger partial charge < -0.3 is 10.1 Å². The van der Waals surface area contributed by atoms with E-state index in [4.69, 9.17) is 10.8 Å². The standard InChI is InChI=1S/C12H18N4O.C8H8N2.2C2H6/c1-3-7-15-12(17)10-6-4-5-8-16(9(2)13)11(10)14;1-6-2-3-7-8(4-6)10-5-9-7;2*1-2/h4-5,8,12-15,17H,3,7H2,1-2H3;2-5H,1H3,(H,9,10);2*1-2H3.